The minimum Gasteiger partial charge on any atom is -0.341 e. The Bertz CT molecular complexity index is 363. The monoisotopic (exact) mass is 262 g/mol. The Morgan fingerprint density at radius 2 is 1.89 bits per heavy atom. The summed E-state index contributed by atoms with van der Waals surface area (Å²) in [6.07, 6.45) is 7.02. The quantitative estimate of drug-likeness (QED) is 0.766. The molecule has 106 valence electrons. The van der Waals surface area contributed by atoms with Gasteiger partial charge in [-0.05, 0) is 43.9 Å². The van der Waals surface area contributed by atoms with Crippen molar-refractivity contribution in [2.75, 3.05) is 13.1 Å². The second kappa shape index (κ2) is 5.94. The summed E-state index contributed by atoms with van der Waals surface area (Å²) in [5, 5.41) is 9.43. The van der Waals surface area contributed by atoms with Crippen LogP contribution >= 0.6 is 0 Å². The van der Waals surface area contributed by atoms with Crippen LogP contribution in [-0.2, 0) is 4.79 Å². The van der Waals surface area contributed by atoms with Gasteiger partial charge in [0.15, 0.2) is 0 Å². The lowest BCUT2D eigenvalue weighted by molar-refractivity contribution is -0.138. The third kappa shape index (κ3) is 2.94. The summed E-state index contributed by atoms with van der Waals surface area (Å²) >= 11 is 0. The Hall–Kier alpha value is -1.04. The molecule has 1 aliphatic carbocycles. The number of nitrogens with zero attached hydrogens (tertiary/aromatic N) is 2. The predicted molar refractivity (Wildman–Crippen MR) is 75.3 cm³/mol. The van der Waals surface area contributed by atoms with Crippen molar-refractivity contribution < 1.29 is 4.79 Å². The summed E-state index contributed by atoms with van der Waals surface area (Å²) in [4.78, 5) is 14.7. The van der Waals surface area contributed by atoms with Crippen molar-refractivity contribution in [2.45, 2.75) is 58.8 Å². The molecule has 1 heterocycles. The van der Waals surface area contributed by atoms with Crippen LogP contribution in [-0.4, -0.2) is 23.9 Å². The van der Waals surface area contributed by atoms with Gasteiger partial charge in [0.1, 0.15) is 5.41 Å². The normalized spacial score (nSPS) is 27.1. The number of nitriles is 1. The molecule has 1 unspecified atom stereocenters. The molecule has 0 spiro atoms. The van der Waals surface area contributed by atoms with Crippen molar-refractivity contribution in [1.82, 2.24) is 4.90 Å². The maximum atomic E-state index is 12.7. The van der Waals surface area contributed by atoms with E-state index in [1.807, 2.05) is 4.90 Å². The number of rotatable bonds is 2. The molecule has 19 heavy (non-hydrogen) atoms. The largest absolute Gasteiger partial charge is 0.341 e. The summed E-state index contributed by atoms with van der Waals surface area (Å²) in [5.74, 6) is 1.56. The molecule has 3 nitrogen and oxygen atoms in total. The topological polar surface area (TPSA) is 44.1 Å². The van der Waals surface area contributed by atoms with E-state index in [1.54, 1.807) is 0 Å². The average molecular weight is 262 g/mol. The SMILES string of the molecule is CC(C)C1CCCN(C(=O)C2(C#N)CCCC2)CC1. The first kappa shape index (κ1) is 14.4. The molecule has 0 radical (unpaired) electrons. The number of hydrogen-bond donors (Lipinski definition) is 0. The lowest BCUT2D eigenvalue weighted by Gasteiger charge is -2.29. The molecule has 2 aliphatic rings. The molecule has 0 aromatic carbocycles. The molecule has 2 fully saturated rings. The highest BCUT2D eigenvalue weighted by molar-refractivity contribution is 5.85. The highest BCUT2D eigenvalue weighted by Crippen LogP contribution is 2.39. The average Bonchev–Trinajstić information content (AvgIpc) is 2.75. The minimum atomic E-state index is -0.683. The molecule has 1 saturated heterocycles. The van der Waals surface area contributed by atoms with Gasteiger partial charge in [-0.15, -0.1) is 0 Å². The van der Waals surface area contributed by atoms with Crippen molar-refractivity contribution in [1.29, 1.82) is 5.26 Å². The molecular weight excluding hydrogens is 236 g/mol. The first-order valence-corrected chi connectivity index (χ1v) is 7.80. The van der Waals surface area contributed by atoms with Crippen molar-refractivity contribution >= 4 is 5.91 Å². The van der Waals surface area contributed by atoms with Crippen LogP contribution in [0.5, 0.6) is 0 Å². The van der Waals surface area contributed by atoms with E-state index in [2.05, 4.69) is 19.9 Å². The molecule has 1 amide bonds. The van der Waals surface area contributed by atoms with Crippen LogP contribution in [0.25, 0.3) is 0 Å². The van der Waals surface area contributed by atoms with Gasteiger partial charge in [-0.25, -0.2) is 0 Å². The summed E-state index contributed by atoms with van der Waals surface area (Å²) in [7, 11) is 0. The summed E-state index contributed by atoms with van der Waals surface area (Å²) in [6, 6.07) is 2.34. The van der Waals surface area contributed by atoms with Crippen molar-refractivity contribution in [2.24, 2.45) is 17.3 Å². The number of carbonyl (C=O) groups is 1. The highest BCUT2D eigenvalue weighted by atomic mass is 16.2. The lowest BCUT2D eigenvalue weighted by Crippen LogP contribution is -2.42. The van der Waals surface area contributed by atoms with Crippen LogP contribution in [0.2, 0.25) is 0 Å². The van der Waals surface area contributed by atoms with Gasteiger partial charge >= 0.3 is 0 Å². The van der Waals surface area contributed by atoms with Gasteiger partial charge in [0, 0.05) is 13.1 Å². The molecule has 0 aromatic heterocycles. The van der Waals surface area contributed by atoms with Crippen LogP contribution < -0.4 is 0 Å². The molecule has 2 rings (SSSR count). The zero-order valence-corrected chi connectivity index (χ0v) is 12.3. The molecule has 0 N–H and O–H groups in total. The number of carbonyl (C=O) groups excluding carboxylic acids is 1. The Kier molecular flexibility index (Phi) is 4.50. The second-order valence-electron chi connectivity index (χ2n) is 6.63. The van der Waals surface area contributed by atoms with E-state index in [4.69, 9.17) is 0 Å². The Morgan fingerprint density at radius 1 is 1.21 bits per heavy atom. The molecule has 3 heteroatoms. The van der Waals surface area contributed by atoms with E-state index in [1.165, 1.54) is 6.42 Å². The fourth-order valence-electron chi connectivity index (χ4n) is 3.65. The predicted octanol–water partition coefficient (Wildman–Crippen LogP) is 3.36. The van der Waals surface area contributed by atoms with Gasteiger partial charge in [0.25, 0.3) is 0 Å². The fourth-order valence-corrected chi connectivity index (χ4v) is 3.65. The van der Waals surface area contributed by atoms with E-state index in [0.29, 0.717) is 5.92 Å². The molecular formula is C16H26N2O. The Morgan fingerprint density at radius 3 is 2.47 bits per heavy atom. The van der Waals surface area contributed by atoms with E-state index in [-0.39, 0.29) is 5.91 Å². The summed E-state index contributed by atoms with van der Waals surface area (Å²) < 4.78 is 0. The van der Waals surface area contributed by atoms with Crippen LogP contribution in [0, 0.1) is 28.6 Å². The van der Waals surface area contributed by atoms with Gasteiger partial charge in [0.2, 0.25) is 5.91 Å². The van der Waals surface area contributed by atoms with E-state index in [0.717, 1.165) is 57.5 Å². The molecule has 1 atom stereocenters. The number of likely N-dealkylation sites (tertiary alicyclic amines) is 1. The molecule has 1 aliphatic heterocycles. The van der Waals surface area contributed by atoms with Crippen molar-refractivity contribution in [3.8, 4) is 6.07 Å². The summed E-state index contributed by atoms with van der Waals surface area (Å²) in [5.41, 5.74) is -0.683. The standard InChI is InChI=1S/C16H26N2O/c1-13(2)14-6-5-10-18(11-7-14)15(19)16(12-17)8-3-4-9-16/h13-14H,3-11H2,1-2H3. The minimum absolute atomic E-state index is 0.122. The highest BCUT2D eigenvalue weighted by Gasteiger charge is 2.44. The van der Waals surface area contributed by atoms with Crippen LogP contribution in [0.3, 0.4) is 0 Å². The molecule has 1 saturated carbocycles. The third-order valence-electron chi connectivity index (χ3n) is 5.08. The first-order valence-electron chi connectivity index (χ1n) is 7.80. The lowest BCUT2D eigenvalue weighted by atomic mass is 9.86. The van der Waals surface area contributed by atoms with Gasteiger partial charge in [-0.1, -0.05) is 26.7 Å². The van der Waals surface area contributed by atoms with Crippen molar-refractivity contribution in [3.63, 3.8) is 0 Å². The maximum Gasteiger partial charge on any atom is 0.243 e. The zero-order valence-electron chi connectivity index (χ0n) is 12.3. The van der Waals surface area contributed by atoms with Crippen LogP contribution in [0.15, 0.2) is 0 Å². The van der Waals surface area contributed by atoms with Gasteiger partial charge in [-0.2, -0.15) is 5.26 Å². The van der Waals surface area contributed by atoms with E-state index >= 15 is 0 Å². The van der Waals surface area contributed by atoms with E-state index < -0.39 is 5.41 Å². The first-order chi connectivity index (χ1) is 9.09. The van der Waals surface area contributed by atoms with E-state index in [9.17, 15) is 10.1 Å². The Labute approximate surface area is 117 Å². The van der Waals surface area contributed by atoms with Crippen molar-refractivity contribution in [3.05, 3.63) is 0 Å². The fraction of sp³-hybridized carbons (Fsp3) is 0.875. The maximum absolute atomic E-state index is 12.7. The van der Waals surface area contributed by atoms with Crippen LogP contribution in [0.1, 0.15) is 58.8 Å². The van der Waals surface area contributed by atoms with Gasteiger partial charge in [-0.3, -0.25) is 4.79 Å². The number of hydrogen-bond acceptors (Lipinski definition) is 2. The Balaban J connectivity index is 2.02. The summed E-state index contributed by atoms with van der Waals surface area (Å²) in [6.45, 7) is 6.25. The second-order valence-corrected chi connectivity index (χ2v) is 6.63. The zero-order chi connectivity index (χ0) is 13.9. The van der Waals surface area contributed by atoms with Gasteiger partial charge < -0.3 is 4.90 Å². The molecule has 0 bridgehead atoms. The van der Waals surface area contributed by atoms with Crippen LogP contribution in [0.4, 0.5) is 0 Å². The number of amides is 1. The van der Waals surface area contributed by atoms with Gasteiger partial charge in [0.05, 0.1) is 6.07 Å². The smallest absolute Gasteiger partial charge is 0.243 e. The third-order valence-corrected chi connectivity index (χ3v) is 5.08. The molecule has 0 aromatic rings.